The van der Waals surface area contributed by atoms with Crippen molar-refractivity contribution in [3.8, 4) is 0 Å². The van der Waals surface area contributed by atoms with Gasteiger partial charge in [-0.3, -0.25) is 4.79 Å². The summed E-state index contributed by atoms with van der Waals surface area (Å²) in [7, 11) is 0. The summed E-state index contributed by atoms with van der Waals surface area (Å²) < 4.78 is 44.6. The summed E-state index contributed by atoms with van der Waals surface area (Å²) in [5.74, 6) is -0.749. The van der Waals surface area contributed by atoms with Crippen molar-refractivity contribution in [3.05, 3.63) is 29.3 Å². The average Bonchev–Trinajstić information content (AvgIpc) is 3.24. The summed E-state index contributed by atoms with van der Waals surface area (Å²) in [6.07, 6.45) is -4.31. The molecule has 0 saturated carbocycles. The number of likely N-dealkylation sites (tertiary alicyclic amines) is 1. The van der Waals surface area contributed by atoms with Crippen molar-refractivity contribution < 1.29 is 32.6 Å². The van der Waals surface area contributed by atoms with E-state index in [9.17, 15) is 27.9 Å². The first-order chi connectivity index (χ1) is 14.7. The summed E-state index contributed by atoms with van der Waals surface area (Å²) in [6.45, 7) is -0.0173. The van der Waals surface area contributed by atoms with E-state index in [1.165, 1.54) is 0 Å². The molecule has 3 heterocycles. The molecule has 1 unspecified atom stereocenters. The van der Waals surface area contributed by atoms with Crippen molar-refractivity contribution in [1.82, 2.24) is 15.5 Å². The van der Waals surface area contributed by atoms with Crippen LogP contribution in [0.25, 0.3) is 0 Å². The van der Waals surface area contributed by atoms with Gasteiger partial charge >= 0.3 is 12.2 Å². The van der Waals surface area contributed by atoms with Gasteiger partial charge in [0.25, 0.3) is 0 Å². The third-order valence-electron chi connectivity index (χ3n) is 6.01. The lowest BCUT2D eigenvalue weighted by Gasteiger charge is -2.40. The van der Waals surface area contributed by atoms with Gasteiger partial charge in [0, 0.05) is 30.8 Å². The first kappa shape index (κ1) is 21.7. The van der Waals surface area contributed by atoms with Gasteiger partial charge in [0.2, 0.25) is 5.91 Å². The molecule has 31 heavy (non-hydrogen) atoms. The zero-order valence-electron chi connectivity index (χ0n) is 16.7. The Hall–Kier alpha value is -2.53. The summed E-state index contributed by atoms with van der Waals surface area (Å²) in [5, 5.41) is 18.2. The molecule has 1 aromatic rings. The van der Waals surface area contributed by atoms with Gasteiger partial charge in [-0.25, -0.2) is 4.79 Å². The van der Waals surface area contributed by atoms with E-state index in [0.717, 1.165) is 21.7 Å². The Kier molecular flexibility index (Phi) is 5.98. The monoisotopic (exact) mass is 442 g/mol. The average molecular weight is 442 g/mol. The number of amides is 3. The number of carbonyl (C=O) groups is 2. The Bertz CT molecular complexity index is 850. The molecule has 0 aliphatic carbocycles. The fourth-order valence-corrected chi connectivity index (χ4v) is 4.39. The highest BCUT2D eigenvalue weighted by molar-refractivity contribution is 5.84. The first-order valence-corrected chi connectivity index (χ1v) is 10.3. The molecule has 0 radical (unpaired) electrons. The van der Waals surface area contributed by atoms with Gasteiger partial charge in [0.05, 0.1) is 31.4 Å². The third kappa shape index (κ3) is 4.72. The molecule has 0 aromatic heterocycles. The molecular weight excluding hydrogens is 417 g/mol. The van der Waals surface area contributed by atoms with Gasteiger partial charge in [-0.1, -0.05) is 6.07 Å². The summed E-state index contributed by atoms with van der Waals surface area (Å²) in [6, 6.07) is 3.12. The van der Waals surface area contributed by atoms with Gasteiger partial charge in [-0.15, -0.1) is 0 Å². The van der Waals surface area contributed by atoms with Crippen LogP contribution in [0.1, 0.15) is 36.5 Å². The van der Waals surface area contributed by atoms with Crippen molar-refractivity contribution in [1.29, 1.82) is 0 Å². The molecule has 2 bridgehead atoms. The van der Waals surface area contributed by atoms with Crippen LogP contribution in [-0.2, 0) is 16.1 Å². The Morgan fingerprint density at radius 3 is 2.87 bits per heavy atom. The number of hydrogen-bond donors (Lipinski definition) is 4. The first-order valence-electron chi connectivity index (χ1n) is 10.3. The van der Waals surface area contributed by atoms with Crippen LogP contribution >= 0.6 is 0 Å². The van der Waals surface area contributed by atoms with Crippen molar-refractivity contribution in [2.24, 2.45) is 0 Å². The molecule has 3 amide bonds. The van der Waals surface area contributed by atoms with Crippen molar-refractivity contribution >= 4 is 17.6 Å². The number of aliphatic hydroxyl groups excluding tert-OH is 1. The molecular formula is C20H25F3N4O4. The smallest absolute Gasteiger partial charge is 0.389 e. The van der Waals surface area contributed by atoms with Crippen LogP contribution in [0.2, 0.25) is 0 Å². The van der Waals surface area contributed by atoms with Crippen molar-refractivity contribution in [2.45, 2.75) is 56.3 Å². The molecule has 2 fully saturated rings. The highest BCUT2D eigenvalue weighted by atomic mass is 19.4. The van der Waals surface area contributed by atoms with Crippen molar-refractivity contribution in [2.75, 3.05) is 25.0 Å². The maximum absolute atomic E-state index is 13.0. The molecule has 1 aromatic carbocycles. The fourth-order valence-electron chi connectivity index (χ4n) is 4.39. The number of nitrogens with zero attached hydrogens (tertiary/aromatic N) is 1. The zero-order chi connectivity index (χ0) is 22.2. The molecule has 2 saturated heterocycles. The van der Waals surface area contributed by atoms with Crippen LogP contribution < -0.4 is 16.0 Å². The lowest BCUT2D eigenvalue weighted by molar-refractivity contribution is -0.182. The number of halogens is 3. The number of urea groups is 1. The quantitative estimate of drug-likeness (QED) is 0.568. The van der Waals surface area contributed by atoms with Crippen LogP contribution in [0.3, 0.4) is 0 Å². The van der Waals surface area contributed by atoms with Gasteiger partial charge in [-0.05, 0) is 30.5 Å². The maximum atomic E-state index is 13.0. The largest absolute Gasteiger partial charge is 0.408 e. The number of hydrogen-bond acceptors (Lipinski definition) is 5. The van der Waals surface area contributed by atoms with Gasteiger partial charge in [-0.2, -0.15) is 13.2 Å². The second kappa shape index (κ2) is 8.54. The van der Waals surface area contributed by atoms with Gasteiger partial charge < -0.3 is 30.7 Å². The number of aliphatic hydroxyl groups is 1. The summed E-state index contributed by atoms with van der Waals surface area (Å²) >= 11 is 0. The third-order valence-corrected chi connectivity index (χ3v) is 6.01. The zero-order valence-corrected chi connectivity index (χ0v) is 16.7. The molecule has 4 N–H and O–H groups in total. The van der Waals surface area contributed by atoms with Crippen molar-refractivity contribution in [3.63, 3.8) is 0 Å². The Labute approximate surface area is 177 Å². The summed E-state index contributed by atoms with van der Waals surface area (Å²) in [5.41, 5.74) is 2.64. The minimum atomic E-state index is -4.46. The Morgan fingerprint density at radius 1 is 1.29 bits per heavy atom. The van der Waals surface area contributed by atoms with E-state index in [1.807, 2.05) is 18.2 Å². The minimum Gasteiger partial charge on any atom is -0.389 e. The number of rotatable bonds is 4. The molecule has 8 nitrogen and oxygen atoms in total. The molecule has 3 aliphatic rings. The van der Waals surface area contributed by atoms with E-state index in [1.54, 1.807) is 0 Å². The van der Waals surface area contributed by atoms with E-state index < -0.39 is 36.8 Å². The van der Waals surface area contributed by atoms with E-state index in [-0.39, 0.29) is 38.3 Å². The van der Waals surface area contributed by atoms with E-state index in [4.69, 9.17) is 4.74 Å². The van der Waals surface area contributed by atoms with Crippen LogP contribution in [0.15, 0.2) is 18.2 Å². The number of alkyl halides is 3. The number of ether oxygens (including phenoxy) is 1. The molecule has 0 spiro atoms. The van der Waals surface area contributed by atoms with Crippen LogP contribution in [0.4, 0.5) is 23.7 Å². The minimum absolute atomic E-state index is 0.0383. The standard InChI is InChI=1S/C20H25F3N4O4/c21-20(22,23)17-2-1-5-27(17)18(29)9-25-19(30)24-8-11-3-4-13-12(6-11)16-7-14(26-13)15(28)10-31-16/h3-4,6,14-17,26,28H,1-2,5,7-10H2,(H2,24,25,30)/t14-,15+,16+,17?/m0/s1. The van der Waals surface area contributed by atoms with E-state index in [2.05, 4.69) is 16.0 Å². The SMILES string of the molecule is O=C(NCC(=O)N1CCCC1C(F)(F)F)NCc1ccc2c(c1)[C@H]1C[C@H](N2)[C@H](O)CO1. The Balaban J connectivity index is 1.27. The predicted molar refractivity (Wildman–Crippen MR) is 104 cm³/mol. The normalized spacial score (nSPS) is 27.3. The van der Waals surface area contributed by atoms with Crippen LogP contribution in [-0.4, -0.2) is 66.0 Å². The molecule has 3 aliphatic heterocycles. The van der Waals surface area contributed by atoms with Crippen LogP contribution in [0.5, 0.6) is 0 Å². The highest BCUT2D eigenvalue weighted by Gasteiger charge is 2.47. The summed E-state index contributed by atoms with van der Waals surface area (Å²) in [4.78, 5) is 24.9. The maximum Gasteiger partial charge on any atom is 0.408 e. The predicted octanol–water partition coefficient (Wildman–Crippen LogP) is 1.66. The number of anilines is 1. The highest BCUT2D eigenvalue weighted by Crippen LogP contribution is 2.39. The molecule has 4 atom stereocenters. The molecule has 11 heteroatoms. The van der Waals surface area contributed by atoms with E-state index in [0.29, 0.717) is 12.8 Å². The number of nitrogens with one attached hydrogen (secondary N) is 3. The Morgan fingerprint density at radius 2 is 2.10 bits per heavy atom. The number of fused-ring (bicyclic) bond motifs is 4. The lowest BCUT2D eigenvalue weighted by Crippen LogP contribution is -2.49. The topological polar surface area (TPSA) is 103 Å². The number of benzene rings is 1. The molecule has 170 valence electrons. The van der Waals surface area contributed by atoms with Gasteiger partial charge in [0.15, 0.2) is 0 Å². The molecule has 4 rings (SSSR count). The second-order valence-electron chi connectivity index (χ2n) is 8.12. The van der Waals surface area contributed by atoms with E-state index >= 15 is 0 Å². The van der Waals surface area contributed by atoms with Gasteiger partial charge in [0.1, 0.15) is 6.04 Å². The number of carbonyl (C=O) groups excluding carboxylic acids is 2. The second-order valence-corrected chi connectivity index (χ2v) is 8.12. The van der Waals surface area contributed by atoms with Crippen LogP contribution in [0, 0.1) is 0 Å². The fraction of sp³-hybridized carbons (Fsp3) is 0.600. The lowest BCUT2D eigenvalue weighted by atomic mass is 9.89.